The van der Waals surface area contributed by atoms with Gasteiger partial charge in [-0.05, 0) is 19.8 Å². The van der Waals surface area contributed by atoms with E-state index < -0.39 is 39.4 Å². The van der Waals surface area contributed by atoms with E-state index in [1.807, 2.05) is 4.72 Å². The Balaban J connectivity index is 2.87. The number of rotatable bonds is 4. The molecular weight excluding hydrogens is 287 g/mol. The van der Waals surface area contributed by atoms with Crippen LogP contribution in [0.1, 0.15) is 32.6 Å². The average Bonchev–Trinajstić information content (AvgIpc) is 2.26. The van der Waals surface area contributed by atoms with Gasteiger partial charge in [-0.15, -0.1) is 0 Å². The Morgan fingerprint density at radius 1 is 1.32 bits per heavy atom. The number of hydrogen-bond donors (Lipinski definition) is 2. The molecule has 1 saturated carbocycles. The maximum Gasteiger partial charge on any atom is 0.393 e. The fraction of sp³-hybridized carbons (Fsp3) is 0.900. The second kappa shape index (κ2) is 5.66. The topological polar surface area (TPSA) is 83.5 Å². The van der Waals surface area contributed by atoms with Crippen LogP contribution in [0.25, 0.3) is 0 Å². The predicted molar refractivity (Wildman–Crippen MR) is 61.0 cm³/mol. The number of hydrogen-bond acceptors (Lipinski definition) is 3. The standard InChI is InChI=1S/C10H16F3NO4S/c1-6(9(15)16)19(17,18)14-8-5-3-2-4-7(8)10(11,12)13/h6-8,14H,2-5H2,1H3,(H,15,16). The van der Waals surface area contributed by atoms with E-state index in [2.05, 4.69) is 0 Å². The van der Waals surface area contributed by atoms with Crippen molar-refractivity contribution in [1.29, 1.82) is 0 Å². The van der Waals surface area contributed by atoms with Crippen LogP contribution in [-0.4, -0.2) is 37.0 Å². The summed E-state index contributed by atoms with van der Waals surface area (Å²) in [5, 5.41) is 6.86. The molecule has 0 bridgehead atoms. The molecule has 1 aliphatic rings. The minimum absolute atomic E-state index is 0.0652. The highest BCUT2D eigenvalue weighted by molar-refractivity contribution is 7.90. The molecule has 0 radical (unpaired) electrons. The van der Waals surface area contributed by atoms with Crippen LogP contribution in [0.5, 0.6) is 0 Å². The van der Waals surface area contributed by atoms with Crippen molar-refractivity contribution in [2.24, 2.45) is 5.92 Å². The molecule has 0 aromatic rings. The van der Waals surface area contributed by atoms with Gasteiger partial charge < -0.3 is 5.11 Å². The monoisotopic (exact) mass is 303 g/mol. The van der Waals surface area contributed by atoms with Crippen LogP contribution in [-0.2, 0) is 14.8 Å². The second-order valence-corrected chi connectivity index (χ2v) is 6.72. The molecule has 19 heavy (non-hydrogen) atoms. The SMILES string of the molecule is CC(C(=O)O)S(=O)(=O)NC1CCCCC1C(F)(F)F. The number of sulfonamides is 1. The Bertz CT molecular complexity index is 435. The zero-order valence-corrected chi connectivity index (χ0v) is 11.1. The Hall–Kier alpha value is -0.830. The maximum atomic E-state index is 12.8. The summed E-state index contributed by atoms with van der Waals surface area (Å²) in [5.41, 5.74) is 0. The van der Waals surface area contributed by atoms with E-state index in [9.17, 15) is 26.4 Å². The first-order valence-corrected chi connectivity index (χ1v) is 7.41. The fourth-order valence-corrected chi connectivity index (χ4v) is 3.28. The second-order valence-electron chi connectivity index (χ2n) is 4.68. The largest absolute Gasteiger partial charge is 0.480 e. The first kappa shape index (κ1) is 16.2. The van der Waals surface area contributed by atoms with Gasteiger partial charge in [-0.1, -0.05) is 12.8 Å². The number of aliphatic carboxylic acids is 1. The average molecular weight is 303 g/mol. The van der Waals surface area contributed by atoms with Crippen LogP contribution < -0.4 is 4.72 Å². The lowest BCUT2D eigenvalue weighted by molar-refractivity contribution is -0.187. The van der Waals surface area contributed by atoms with Gasteiger partial charge in [-0.3, -0.25) is 4.79 Å². The quantitative estimate of drug-likeness (QED) is 0.824. The fourth-order valence-electron chi connectivity index (χ4n) is 2.11. The lowest BCUT2D eigenvalue weighted by Gasteiger charge is -2.33. The number of alkyl halides is 3. The lowest BCUT2D eigenvalue weighted by atomic mass is 9.85. The molecule has 112 valence electrons. The van der Waals surface area contributed by atoms with Crippen LogP contribution >= 0.6 is 0 Å². The van der Waals surface area contributed by atoms with Gasteiger partial charge in [0.05, 0.1) is 5.92 Å². The molecule has 1 aliphatic carbocycles. The molecule has 1 rings (SSSR count). The summed E-state index contributed by atoms with van der Waals surface area (Å²) in [7, 11) is -4.30. The van der Waals surface area contributed by atoms with Crippen molar-refractivity contribution in [3.63, 3.8) is 0 Å². The van der Waals surface area contributed by atoms with Gasteiger partial charge in [0.1, 0.15) is 0 Å². The van der Waals surface area contributed by atoms with Gasteiger partial charge >= 0.3 is 12.1 Å². The van der Waals surface area contributed by atoms with Gasteiger partial charge in [0.15, 0.2) is 5.25 Å². The summed E-state index contributed by atoms with van der Waals surface area (Å²) < 4.78 is 63.5. The van der Waals surface area contributed by atoms with Crippen LogP contribution in [0.15, 0.2) is 0 Å². The normalized spacial score (nSPS) is 26.9. The van der Waals surface area contributed by atoms with Crippen molar-refractivity contribution >= 4 is 16.0 Å². The van der Waals surface area contributed by atoms with Crippen molar-refractivity contribution in [3.8, 4) is 0 Å². The molecule has 0 spiro atoms. The summed E-state index contributed by atoms with van der Waals surface area (Å²) in [6, 6.07) is -1.28. The van der Waals surface area contributed by atoms with Crippen molar-refractivity contribution < 1.29 is 31.5 Å². The van der Waals surface area contributed by atoms with Gasteiger partial charge in [-0.25, -0.2) is 13.1 Å². The van der Waals surface area contributed by atoms with E-state index in [1.165, 1.54) is 0 Å². The summed E-state index contributed by atoms with van der Waals surface area (Å²) in [5.74, 6) is -3.34. The molecule has 3 unspecified atom stereocenters. The molecule has 0 aromatic carbocycles. The van der Waals surface area contributed by atoms with Gasteiger partial charge in [-0.2, -0.15) is 13.2 Å². The maximum absolute atomic E-state index is 12.8. The molecule has 0 saturated heterocycles. The summed E-state index contributed by atoms with van der Waals surface area (Å²) in [6.45, 7) is 0.927. The van der Waals surface area contributed by atoms with E-state index in [1.54, 1.807) is 0 Å². The molecule has 9 heteroatoms. The molecule has 0 heterocycles. The highest BCUT2D eigenvalue weighted by Gasteiger charge is 2.47. The lowest BCUT2D eigenvalue weighted by Crippen LogP contribution is -2.50. The van der Waals surface area contributed by atoms with Crippen molar-refractivity contribution in [3.05, 3.63) is 0 Å². The van der Waals surface area contributed by atoms with Crippen LogP contribution in [0.2, 0.25) is 0 Å². The van der Waals surface area contributed by atoms with Crippen LogP contribution in [0.3, 0.4) is 0 Å². The zero-order chi connectivity index (χ0) is 14.8. The van der Waals surface area contributed by atoms with Crippen molar-refractivity contribution in [2.75, 3.05) is 0 Å². The van der Waals surface area contributed by atoms with Gasteiger partial charge in [0, 0.05) is 6.04 Å². The van der Waals surface area contributed by atoms with Crippen molar-refractivity contribution in [1.82, 2.24) is 4.72 Å². The van der Waals surface area contributed by atoms with Gasteiger partial charge in [0.2, 0.25) is 10.0 Å². The summed E-state index contributed by atoms with van der Waals surface area (Å²) >= 11 is 0. The molecular formula is C10H16F3NO4S. The third kappa shape index (κ3) is 4.07. The Morgan fingerprint density at radius 2 is 1.84 bits per heavy atom. The molecule has 0 amide bonds. The number of carboxylic acid groups (broad SMARTS) is 1. The smallest absolute Gasteiger partial charge is 0.393 e. The Morgan fingerprint density at radius 3 is 2.32 bits per heavy atom. The first-order chi connectivity index (χ1) is 8.55. The number of carbonyl (C=O) groups is 1. The van der Waals surface area contributed by atoms with E-state index in [0.29, 0.717) is 12.8 Å². The van der Waals surface area contributed by atoms with E-state index >= 15 is 0 Å². The molecule has 3 atom stereocenters. The van der Waals surface area contributed by atoms with Crippen molar-refractivity contribution in [2.45, 2.75) is 50.1 Å². The highest BCUT2D eigenvalue weighted by atomic mass is 32.2. The Kier molecular flexibility index (Phi) is 4.83. The number of carboxylic acids is 1. The van der Waals surface area contributed by atoms with Gasteiger partial charge in [0.25, 0.3) is 0 Å². The summed E-state index contributed by atoms with van der Waals surface area (Å²) in [6.07, 6.45) is -3.69. The molecule has 1 fully saturated rings. The minimum atomic E-state index is -4.49. The third-order valence-electron chi connectivity index (χ3n) is 3.32. The number of halogens is 3. The van der Waals surface area contributed by atoms with E-state index in [0.717, 1.165) is 6.92 Å². The summed E-state index contributed by atoms with van der Waals surface area (Å²) in [4.78, 5) is 10.6. The molecule has 0 aromatic heterocycles. The minimum Gasteiger partial charge on any atom is -0.480 e. The predicted octanol–water partition coefficient (Wildman–Crippen LogP) is 1.50. The van der Waals surface area contributed by atoms with Crippen LogP contribution in [0, 0.1) is 5.92 Å². The molecule has 0 aliphatic heterocycles. The highest BCUT2D eigenvalue weighted by Crippen LogP contribution is 2.38. The molecule has 5 nitrogen and oxygen atoms in total. The third-order valence-corrected chi connectivity index (χ3v) is 5.08. The number of nitrogens with one attached hydrogen (secondary N) is 1. The molecule has 2 N–H and O–H groups in total. The van der Waals surface area contributed by atoms with E-state index in [-0.39, 0.29) is 12.8 Å². The van der Waals surface area contributed by atoms with E-state index in [4.69, 9.17) is 5.11 Å². The Labute approximate surface area is 109 Å². The first-order valence-electron chi connectivity index (χ1n) is 5.86. The van der Waals surface area contributed by atoms with Crippen LogP contribution in [0.4, 0.5) is 13.2 Å². The zero-order valence-electron chi connectivity index (χ0n) is 10.3.